The Morgan fingerprint density at radius 3 is 2.81 bits per heavy atom. The van der Waals surface area contributed by atoms with Gasteiger partial charge in [-0.15, -0.1) is 0 Å². The molecule has 188 valence electrons. The van der Waals surface area contributed by atoms with Gasteiger partial charge in [0.25, 0.3) is 0 Å². The molecule has 1 saturated heterocycles. The number of rotatable bonds is 4. The van der Waals surface area contributed by atoms with Crippen molar-refractivity contribution in [2.24, 2.45) is 0 Å². The predicted octanol–water partition coefficient (Wildman–Crippen LogP) is 5.08. The van der Waals surface area contributed by atoms with Crippen LogP contribution in [0.15, 0.2) is 64.1 Å². The Bertz CT molecular complexity index is 1710. The van der Waals surface area contributed by atoms with Gasteiger partial charge in [-0.1, -0.05) is 40.8 Å². The van der Waals surface area contributed by atoms with Crippen molar-refractivity contribution in [1.82, 2.24) is 19.7 Å². The van der Waals surface area contributed by atoms with Crippen molar-refractivity contribution in [2.75, 3.05) is 24.7 Å². The molecule has 1 aliphatic rings. The van der Waals surface area contributed by atoms with E-state index in [9.17, 15) is 13.6 Å². The van der Waals surface area contributed by atoms with Gasteiger partial charge < -0.3 is 14.1 Å². The number of halogens is 3. The minimum atomic E-state index is -0.705. The molecule has 3 aromatic heterocycles. The Labute approximate surface area is 223 Å². The summed E-state index contributed by atoms with van der Waals surface area (Å²) in [5.41, 5.74) is 0.413. The number of benzene rings is 2. The van der Waals surface area contributed by atoms with E-state index in [4.69, 9.17) is 14.1 Å². The van der Waals surface area contributed by atoms with Crippen molar-refractivity contribution in [1.29, 1.82) is 0 Å². The molecule has 2 atom stereocenters. The van der Waals surface area contributed by atoms with Crippen molar-refractivity contribution in [3.63, 3.8) is 0 Å². The van der Waals surface area contributed by atoms with Crippen LogP contribution in [0.2, 0.25) is 0 Å². The first-order chi connectivity index (χ1) is 17.9. The van der Waals surface area contributed by atoms with Crippen molar-refractivity contribution in [3.05, 3.63) is 82.5 Å². The summed E-state index contributed by atoms with van der Waals surface area (Å²) in [4.78, 5) is 25.0. The summed E-state index contributed by atoms with van der Waals surface area (Å²) in [6, 6.07) is 9.17. The molecule has 1 aliphatic heterocycles. The molecule has 0 saturated carbocycles. The van der Waals surface area contributed by atoms with Gasteiger partial charge in [-0.05, 0) is 36.8 Å². The third kappa shape index (κ3) is 4.15. The molecule has 37 heavy (non-hydrogen) atoms. The molecule has 2 aromatic carbocycles. The monoisotopic (exact) mass is 615 g/mol. The lowest BCUT2D eigenvalue weighted by molar-refractivity contribution is 0.118. The lowest BCUT2D eigenvalue weighted by Gasteiger charge is -2.31. The standard InChI is InChI=1S/C26H20F2IN5O3/c1-14(34-25-16(12-31-34)11-30-26(32-25)33-8-9-36-13-20(33)29)24-21(15-4-2-5-17(27)10-15)23(35)22-18(28)6-3-7-19(22)37-24/h2-7,10-12,14,20H,8-9,13H2,1H3. The van der Waals surface area contributed by atoms with Crippen LogP contribution < -0.4 is 10.3 Å². The van der Waals surface area contributed by atoms with Gasteiger partial charge in [0.2, 0.25) is 11.4 Å². The van der Waals surface area contributed by atoms with E-state index in [2.05, 4.69) is 37.6 Å². The second-order valence-electron chi connectivity index (χ2n) is 8.71. The lowest BCUT2D eigenvalue weighted by Crippen LogP contribution is -2.42. The number of nitrogens with zero attached hydrogens (tertiary/aromatic N) is 5. The van der Waals surface area contributed by atoms with Crippen LogP contribution in [0.4, 0.5) is 14.7 Å². The molecule has 8 nitrogen and oxygen atoms in total. The molecule has 11 heteroatoms. The number of fused-ring (bicyclic) bond motifs is 2. The number of anilines is 1. The van der Waals surface area contributed by atoms with E-state index in [-0.39, 0.29) is 31.9 Å². The molecule has 0 bridgehead atoms. The highest BCUT2D eigenvalue weighted by molar-refractivity contribution is 14.1. The van der Waals surface area contributed by atoms with E-state index in [1.54, 1.807) is 30.1 Å². The van der Waals surface area contributed by atoms with Gasteiger partial charge in [0, 0.05) is 12.7 Å². The summed E-state index contributed by atoms with van der Waals surface area (Å²) in [5, 5.41) is 5.03. The Morgan fingerprint density at radius 1 is 1.16 bits per heavy atom. The maximum Gasteiger partial charge on any atom is 0.228 e. The van der Waals surface area contributed by atoms with Crippen LogP contribution in [0.25, 0.3) is 33.1 Å². The molecular formula is C26H20F2IN5O3. The molecular weight excluding hydrogens is 595 g/mol. The van der Waals surface area contributed by atoms with Crippen LogP contribution in [0.1, 0.15) is 18.7 Å². The Morgan fingerprint density at radius 2 is 2.00 bits per heavy atom. The van der Waals surface area contributed by atoms with Crippen molar-refractivity contribution in [2.45, 2.75) is 17.0 Å². The molecule has 1 fully saturated rings. The molecule has 0 spiro atoms. The SMILES string of the molecule is CC(c1oc2cccc(F)c2c(=O)c1-c1cccc(F)c1)n1ncc2cnc(N3CCOCC3I)nc21. The van der Waals surface area contributed by atoms with Gasteiger partial charge in [-0.25, -0.2) is 18.4 Å². The van der Waals surface area contributed by atoms with E-state index in [1.165, 1.54) is 36.4 Å². The van der Waals surface area contributed by atoms with E-state index in [0.717, 1.165) is 0 Å². The Hall–Kier alpha value is -3.45. The number of aromatic nitrogens is 4. The number of hydrogen-bond donors (Lipinski definition) is 0. The summed E-state index contributed by atoms with van der Waals surface area (Å²) < 4.78 is 42.3. The lowest BCUT2D eigenvalue weighted by atomic mass is 9.99. The minimum absolute atomic E-state index is 0.0723. The normalized spacial score (nSPS) is 17.0. The van der Waals surface area contributed by atoms with Crippen LogP contribution in [0.5, 0.6) is 0 Å². The second-order valence-corrected chi connectivity index (χ2v) is 10.1. The fourth-order valence-electron chi connectivity index (χ4n) is 4.59. The highest BCUT2D eigenvalue weighted by atomic mass is 127. The Kier molecular flexibility index (Phi) is 6.11. The first kappa shape index (κ1) is 23.9. The maximum atomic E-state index is 14.7. The van der Waals surface area contributed by atoms with Gasteiger partial charge in [0.1, 0.15) is 38.5 Å². The highest BCUT2D eigenvalue weighted by Gasteiger charge is 2.27. The van der Waals surface area contributed by atoms with Gasteiger partial charge >= 0.3 is 0 Å². The van der Waals surface area contributed by atoms with Crippen LogP contribution in [-0.2, 0) is 4.74 Å². The van der Waals surface area contributed by atoms with Gasteiger partial charge in [0.05, 0.1) is 30.4 Å². The zero-order chi connectivity index (χ0) is 25.7. The predicted molar refractivity (Wildman–Crippen MR) is 143 cm³/mol. The smallest absolute Gasteiger partial charge is 0.228 e. The number of morpholine rings is 1. The average Bonchev–Trinajstić information content (AvgIpc) is 3.31. The van der Waals surface area contributed by atoms with Crippen LogP contribution in [-0.4, -0.2) is 43.6 Å². The maximum absolute atomic E-state index is 14.7. The van der Waals surface area contributed by atoms with Crippen molar-refractivity contribution >= 4 is 50.5 Å². The summed E-state index contributed by atoms with van der Waals surface area (Å²) in [7, 11) is 0. The third-order valence-corrected chi connectivity index (χ3v) is 7.44. The molecule has 4 heterocycles. The first-order valence-electron chi connectivity index (χ1n) is 11.6. The van der Waals surface area contributed by atoms with E-state index < -0.39 is 23.1 Å². The first-order valence-corrected chi connectivity index (χ1v) is 12.9. The zero-order valence-electron chi connectivity index (χ0n) is 19.6. The largest absolute Gasteiger partial charge is 0.458 e. The highest BCUT2D eigenvalue weighted by Crippen LogP contribution is 2.33. The molecule has 2 unspecified atom stereocenters. The minimum Gasteiger partial charge on any atom is -0.458 e. The molecule has 0 amide bonds. The quantitative estimate of drug-likeness (QED) is 0.158. The molecule has 6 rings (SSSR count). The molecule has 0 aliphatic carbocycles. The zero-order valence-corrected chi connectivity index (χ0v) is 21.7. The fraction of sp³-hybridized carbons (Fsp3) is 0.231. The third-order valence-electron chi connectivity index (χ3n) is 6.40. The van der Waals surface area contributed by atoms with Crippen LogP contribution >= 0.6 is 22.6 Å². The van der Waals surface area contributed by atoms with Crippen LogP contribution in [0.3, 0.4) is 0 Å². The van der Waals surface area contributed by atoms with Gasteiger partial charge in [0.15, 0.2) is 5.65 Å². The topological polar surface area (TPSA) is 86.3 Å². The molecule has 5 aromatic rings. The number of alkyl halides is 1. The summed E-state index contributed by atoms with van der Waals surface area (Å²) in [6.45, 7) is 3.59. The van der Waals surface area contributed by atoms with Crippen LogP contribution in [0, 0.1) is 11.6 Å². The van der Waals surface area contributed by atoms with E-state index in [0.29, 0.717) is 36.7 Å². The van der Waals surface area contributed by atoms with E-state index >= 15 is 0 Å². The summed E-state index contributed by atoms with van der Waals surface area (Å²) in [6.07, 6.45) is 3.34. The van der Waals surface area contributed by atoms with Crippen molar-refractivity contribution in [3.8, 4) is 11.1 Å². The van der Waals surface area contributed by atoms with E-state index in [1.807, 2.05) is 0 Å². The molecule has 0 radical (unpaired) electrons. The molecule has 0 N–H and O–H groups in total. The van der Waals surface area contributed by atoms with Crippen molar-refractivity contribution < 1.29 is 17.9 Å². The summed E-state index contributed by atoms with van der Waals surface area (Å²) >= 11 is 2.29. The fourth-order valence-corrected chi connectivity index (χ4v) is 5.37. The average molecular weight is 615 g/mol. The Balaban J connectivity index is 1.55. The van der Waals surface area contributed by atoms with Gasteiger partial charge in [-0.3, -0.25) is 4.79 Å². The van der Waals surface area contributed by atoms with Gasteiger partial charge in [-0.2, -0.15) is 10.1 Å². The summed E-state index contributed by atoms with van der Waals surface area (Å²) in [5.74, 6) is -0.470. The second kappa shape index (κ2) is 9.45. The number of ether oxygens (including phenoxy) is 1. The number of hydrogen-bond acceptors (Lipinski definition) is 7.